The molecule has 0 unspecified atom stereocenters. The molecule has 2 N–H and O–H groups in total. The van der Waals surface area contributed by atoms with Crippen LogP contribution in [0.2, 0.25) is 0 Å². The number of pyridine rings is 1. The quantitative estimate of drug-likeness (QED) is 0.699. The van der Waals surface area contributed by atoms with Crippen LogP contribution in [0.4, 0.5) is 5.82 Å². The van der Waals surface area contributed by atoms with Crippen molar-refractivity contribution in [1.29, 1.82) is 0 Å². The summed E-state index contributed by atoms with van der Waals surface area (Å²) in [5.74, 6) is 1.15. The smallest absolute Gasteiger partial charge is 0.251 e. The van der Waals surface area contributed by atoms with Gasteiger partial charge in [-0.05, 0) is 61.7 Å². The summed E-state index contributed by atoms with van der Waals surface area (Å²) in [5.41, 5.74) is 1.48. The minimum absolute atomic E-state index is 0.0733. The molecule has 0 aliphatic carbocycles. The first-order valence-corrected chi connectivity index (χ1v) is 10.6. The zero-order valence-corrected chi connectivity index (χ0v) is 17.5. The SMILES string of the molecule is CCOc1ccc(C(=O)NCC(=O)NCc2ccnc(N3CCCCCC3)c2)cc1. The number of carbonyl (C=O) groups excluding carboxylic acids is 2. The molecule has 2 aromatic rings. The molecule has 0 saturated carbocycles. The summed E-state index contributed by atoms with van der Waals surface area (Å²) in [6.07, 6.45) is 6.71. The van der Waals surface area contributed by atoms with Crippen molar-refractivity contribution in [2.75, 3.05) is 31.1 Å². The summed E-state index contributed by atoms with van der Waals surface area (Å²) in [4.78, 5) is 31.2. The Balaban J connectivity index is 1.45. The highest BCUT2D eigenvalue weighted by molar-refractivity contribution is 5.96. The van der Waals surface area contributed by atoms with Crippen molar-refractivity contribution in [2.24, 2.45) is 0 Å². The fraction of sp³-hybridized carbons (Fsp3) is 0.435. The molecule has 0 radical (unpaired) electrons. The molecule has 1 fully saturated rings. The van der Waals surface area contributed by atoms with E-state index in [2.05, 4.69) is 20.5 Å². The van der Waals surface area contributed by atoms with Gasteiger partial charge in [0.05, 0.1) is 13.2 Å². The highest BCUT2D eigenvalue weighted by atomic mass is 16.5. The molecule has 1 saturated heterocycles. The normalized spacial score (nSPS) is 14.0. The Morgan fingerprint density at radius 2 is 1.77 bits per heavy atom. The van der Waals surface area contributed by atoms with E-state index in [-0.39, 0.29) is 18.4 Å². The standard InChI is InChI=1S/C23H30N4O3/c1-2-30-20-9-7-19(8-10-20)23(29)26-17-22(28)25-16-18-11-12-24-21(15-18)27-13-5-3-4-6-14-27/h7-12,15H,2-6,13-14,16-17H2,1H3,(H,25,28)(H,26,29). The van der Waals surface area contributed by atoms with Crippen LogP contribution in [-0.2, 0) is 11.3 Å². The van der Waals surface area contributed by atoms with Crippen LogP contribution in [0.25, 0.3) is 0 Å². The Kier molecular flexibility index (Phi) is 8.06. The molecule has 30 heavy (non-hydrogen) atoms. The van der Waals surface area contributed by atoms with Crippen LogP contribution in [0.15, 0.2) is 42.6 Å². The van der Waals surface area contributed by atoms with Gasteiger partial charge in [0.15, 0.2) is 0 Å². The number of anilines is 1. The Hall–Kier alpha value is -3.09. The minimum atomic E-state index is -0.291. The maximum atomic E-state index is 12.2. The second-order valence-electron chi connectivity index (χ2n) is 7.34. The molecule has 1 aromatic carbocycles. The first kappa shape index (κ1) is 21.6. The largest absolute Gasteiger partial charge is 0.494 e. The van der Waals surface area contributed by atoms with E-state index < -0.39 is 0 Å². The molecule has 2 amide bonds. The second kappa shape index (κ2) is 11.2. The van der Waals surface area contributed by atoms with Gasteiger partial charge in [0.2, 0.25) is 5.91 Å². The second-order valence-corrected chi connectivity index (χ2v) is 7.34. The van der Waals surface area contributed by atoms with Gasteiger partial charge in [0.25, 0.3) is 5.91 Å². The molecule has 0 bridgehead atoms. The summed E-state index contributed by atoms with van der Waals surface area (Å²) in [6, 6.07) is 10.8. The molecule has 160 valence electrons. The van der Waals surface area contributed by atoms with Gasteiger partial charge < -0.3 is 20.3 Å². The van der Waals surface area contributed by atoms with Crippen molar-refractivity contribution >= 4 is 17.6 Å². The van der Waals surface area contributed by atoms with Gasteiger partial charge in [0.1, 0.15) is 11.6 Å². The molecule has 2 heterocycles. The van der Waals surface area contributed by atoms with E-state index in [0.29, 0.717) is 24.5 Å². The zero-order valence-electron chi connectivity index (χ0n) is 17.5. The summed E-state index contributed by atoms with van der Waals surface area (Å²) in [6.45, 7) is 4.86. The van der Waals surface area contributed by atoms with E-state index >= 15 is 0 Å². The van der Waals surface area contributed by atoms with Crippen molar-refractivity contribution in [3.63, 3.8) is 0 Å². The van der Waals surface area contributed by atoms with Gasteiger partial charge >= 0.3 is 0 Å². The van der Waals surface area contributed by atoms with Crippen molar-refractivity contribution in [1.82, 2.24) is 15.6 Å². The first-order valence-electron chi connectivity index (χ1n) is 10.6. The maximum Gasteiger partial charge on any atom is 0.251 e. The van der Waals surface area contributed by atoms with Crippen LogP contribution in [0, 0.1) is 0 Å². The van der Waals surface area contributed by atoms with E-state index in [0.717, 1.165) is 24.5 Å². The predicted molar refractivity (Wildman–Crippen MR) is 117 cm³/mol. The van der Waals surface area contributed by atoms with Crippen LogP contribution in [-0.4, -0.2) is 43.0 Å². The Morgan fingerprint density at radius 3 is 2.47 bits per heavy atom. The molecule has 0 atom stereocenters. The predicted octanol–water partition coefficient (Wildman–Crippen LogP) is 2.91. The lowest BCUT2D eigenvalue weighted by molar-refractivity contribution is -0.120. The molecule has 7 nitrogen and oxygen atoms in total. The molecule has 0 spiro atoms. The number of amides is 2. The van der Waals surface area contributed by atoms with Crippen LogP contribution in [0.5, 0.6) is 5.75 Å². The lowest BCUT2D eigenvalue weighted by atomic mass is 10.2. The average Bonchev–Trinajstić information content (AvgIpc) is 3.07. The van der Waals surface area contributed by atoms with Crippen LogP contribution < -0.4 is 20.3 Å². The Labute approximate surface area is 177 Å². The maximum absolute atomic E-state index is 12.2. The third kappa shape index (κ3) is 6.47. The van der Waals surface area contributed by atoms with Gasteiger partial charge in [0, 0.05) is 31.4 Å². The lowest BCUT2D eigenvalue weighted by Gasteiger charge is -2.21. The fourth-order valence-corrected chi connectivity index (χ4v) is 3.44. The fourth-order valence-electron chi connectivity index (χ4n) is 3.44. The molecule has 1 aromatic heterocycles. The van der Waals surface area contributed by atoms with Crippen LogP contribution in [0.3, 0.4) is 0 Å². The summed E-state index contributed by atoms with van der Waals surface area (Å²) < 4.78 is 5.36. The van der Waals surface area contributed by atoms with Gasteiger partial charge in [-0.25, -0.2) is 4.98 Å². The topological polar surface area (TPSA) is 83.6 Å². The van der Waals surface area contributed by atoms with E-state index in [9.17, 15) is 9.59 Å². The molecule has 1 aliphatic rings. The van der Waals surface area contributed by atoms with Crippen LogP contribution >= 0.6 is 0 Å². The Morgan fingerprint density at radius 1 is 1.03 bits per heavy atom. The van der Waals surface area contributed by atoms with Crippen molar-refractivity contribution in [3.8, 4) is 5.75 Å². The third-order valence-corrected chi connectivity index (χ3v) is 5.07. The van der Waals surface area contributed by atoms with Gasteiger partial charge in [-0.3, -0.25) is 9.59 Å². The van der Waals surface area contributed by atoms with Crippen molar-refractivity contribution < 1.29 is 14.3 Å². The van der Waals surface area contributed by atoms with Gasteiger partial charge in [-0.1, -0.05) is 12.8 Å². The molecular formula is C23H30N4O3. The van der Waals surface area contributed by atoms with Crippen LogP contribution in [0.1, 0.15) is 48.5 Å². The van der Waals surface area contributed by atoms with E-state index in [1.165, 1.54) is 25.7 Å². The highest BCUT2D eigenvalue weighted by Gasteiger charge is 2.12. The number of hydrogen-bond donors (Lipinski definition) is 2. The summed E-state index contributed by atoms with van der Waals surface area (Å²) >= 11 is 0. The minimum Gasteiger partial charge on any atom is -0.494 e. The lowest BCUT2D eigenvalue weighted by Crippen LogP contribution is -2.36. The Bertz CT molecular complexity index is 831. The number of nitrogens with one attached hydrogen (secondary N) is 2. The number of aromatic nitrogens is 1. The molecule has 3 rings (SSSR count). The number of hydrogen-bond acceptors (Lipinski definition) is 5. The van der Waals surface area contributed by atoms with Crippen molar-refractivity contribution in [2.45, 2.75) is 39.2 Å². The number of nitrogens with zero attached hydrogens (tertiary/aromatic N) is 2. The monoisotopic (exact) mass is 410 g/mol. The zero-order chi connectivity index (χ0) is 21.2. The average molecular weight is 411 g/mol. The molecular weight excluding hydrogens is 380 g/mol. The van der Waals surface area contributed by atoms with E-state index in [1.54, 1.807) is 30.5 Å². The number of benzene rings is 1. The highest BCUT2D eigenvalue weighted by Crippen LogP contribution is 2.18. The van der Waals surface area contributed by atoms with Gasteiger partial charge in [-0.2, -0.15) is 0 Å². The number of ether oxygens (including phenoxy) is 1. The third-order valence-electron chi connectivity index (χ3n) is 5.07. The summed E-state index contributed by atoms with van der Waals surface area (Å²) in [5, 5.41) is 5.50. The van der Waals surface area contributed by atoms with Gasteiger partial charge in [-0.15, -0.1) is 0 Å². The number of rotatable bonds is 8. The molecule has 7 heteroatoms. The number of carbonyl (C=O) groups is 2. The molecule has 1 aliphatic heterocycles. The van der Waals surface area contributed by atoms with Crippen molar-refractivity contribution in [3.05, 3.63) is 53.7 Å². The van der Waals surface area contributed by atoms with E-state index in [1.807, 2.05) is 19.1 Å². The first-order chi connectivity index (χ1) is 14.7. The van der Waals surface area contributed by atoms with E-state index in [4.69, 9.17) is 4.74 Å². The summed E-state index contributed by atoms with van der Waals surface area (Å²) in [7, 11) is 0.